The summed E-state index contributed by atoms with van der Waals surface area (Å²) < 4.78 is 6.62. The second kappa shape index (κ2) is 6.33. The molecule has 0 saturated carbocycles. The molecule has 2 aromatic rings. The Morgan fingerprint density at radius 2 is 2.29 bits per heavy atom. The number of alkyl halides is 1. The molecular formula is C12H15BrN2OS. The highest BCUT2D eigenvalue weighted by Gasteiger charge is 2.02. The maximum atomic E-state index is 5.40. The third-order valence-electron chi connectivity index (χ3n) is 2.46. The molecular weight excluding hydrogens is 300 g/mol. The van der Waals surface area contributed by atoms with Gasteiger partial charge in [-0.2, -0.15) is 0 Å². The molecule has 0 saturated heterocycles. The van der Waals surface area contributed by atoms with Crippen LogP contribution in [0.25, 0.3) is 10.2 Å². The van der Waals surface area contributed by atoms with Crippen LogP contribution in [0.5, 0.6) is 0 Å². The molecule has 1 heterocycles. The van der Waals surface area contributed by atoms with E-state index in [1.54, 1.807) is 11.3 Å². The highest BCUT2D eigenvalue weighted by Crippen LogP contribution is 2.25. The van der Waals surface area contributed by atoms with Crippen LogP contribution in [-0.2, 0) is 4.74 Å². The number of nitrogens with zero attached hydrogens (tertiary/aromatic N) is 1. The van der Waals surface area contributed by atoms with E-state index in [1.165, 1.54) is 16.0 Å². The second-order valence-corrected chi connectivity index (χ2v) is 5.39. The first-order valence-corrected chi connectivity index (χ1v) is 7.53. The molecule has 92 valence electrons. The Kier molecular flexibility index (Phi) is 4.76. The van der Waals surface area contributed by atoms with Crippen molar-refractivity contribution in [2.75, 3.05) is 30.4 Å². The van der Waals surface area contributed by atoms with Gasteiger partial charge >= 0.3 is 0 Å². The third-order valence-corrected chi connectivity index (χ3v) is 3.58. The van der Waals surface area contributed by atoms with Crippen molar-refractivity contribution in [3.05, 3.63) is 23.2 Å². The van der Waals surface area contributed by atoms with Gasteiger partial charge < -0.3 is 10.1 Å². The van der Waals surface area contributed by atoms with Gasteiger partial charge in [-0.3, -0.25) is 0 Å². The zero-order chi connectivity index (χ0) is 12.1. The van der Waals surface area contributed by atoms with Gasteiger partial charge in [-0.25, -0.2) is 4.98 Å². The van der Waals surface area contributed by atoms with Crippen LogP contribution in [0.15, 0.2) is 17.6 Å². The zero-order valence-electron chi connectivity index (χ0n) is 9.70. The summed E-state index contributed by atoms with van der Waals surface area (Å²) >= 11 is 5.00. The smallest absolute Gasteiger partial charge is 0.0816 e. The van der Waals surface area contributed by atoms with Gasteiger partial charge in [0.1, 0.15) is 0 Å². The molecule has 0 bridgehead atoms. The molecule has 0 unspecified atom stereocenters. The number of fused-ring (bicyclic) bond motifs is 1. The lowest BCUT2D eigenvalue weighted by molar-refractivity contribution is 0.161. The first-order valence-electron chi connectivity index (χ1n) is 5.52. The van der Waals surface area contributed by atoms with Crippen molar-refractivity contribution < 1.29 is 4.74 Å². The first kappa shape index (κ1) is 12.8. The molecule has 1 aromatic heterocycles. The van der Waals surface area contributed by atoms with Crippen LogP contribution < -0.4 is 5.32 Å². The number of anilines is 1. The molecule has 3 nitrogen and oxygen atoms in total. The van der Waals surface area contributed by atoms with Gasteiger partial charge in [0.2, 0.25) is 0 Å². The lowest BCUT2D eigenvalue weighted by Gasteiger charge is -2.09. The number of benzene rings is 1. The Bertz CT molecular complexity index is 486. The van der Waals surface area contributed by atoms with E-state index >= 15 is 0 Å². The van der Waals surface area contributed by atoms with Gasteiger partial charge in [-0.15, -0.1) is 11.3 Å². The summed E-state index contributed by atoms with van der Waals surface area (Å²) in [5.74, 6) is 0. The van der Waals surface area contributed by atoms with Gasteiger partial charge in [0.15, 0.2) is 0 Å². The van der Waals surface area contributed by atoms with E-state index < -0.39 is 0 Å². The summed E-state index contributed by atoms with van der Waals surface area (Å²) in [7, 11) is 0. The van der Waals surface area contributed by atoms with Crippen molar-refractivity contribution in [1.82, 2.24) is 4.98 Å². The summed E-state index contributed by atoms with van der Waals surface area (Å²) in [5, 5.41) is 4.28. The molecule has 5 heteroatoms. The Morgan fingerprint density at radius 1 is 1.41 bits per heavy atom. The number of hydrogen-bond donors (Lipinski definition) is 1. The number of ether oxygens (including phenoxy) is 1. The molecule has 0 fully saturated rings. The lowest BCUT2D eigenvalue weighted by atomic mass is 10.2. The first-order chi connectivity index (χ1) is 8.31. The third kappa shape index (κ3) is 3.40. The van der Waals surface area contributed by atoms with Crippen LogP contribution >= 0.6 is 27.3 Å². The van der Waals surface area contributed by atoms with E-state index in [1.807, 2.05) is 5.51 Å². The average molecular weight is 315 g/mol. The van der Waals surface area contributed by atoms with E-state index in [0.29, 0.717) is 0 Å². The Balaban J connectivity index is 1.95. The molecule has 0 aliphatic heterocycles. The summed E-state index contributed by atoms with van der Waals surface area (Å²) in [4.78, 5) is 4.30. The molecule has 1 aromatic carbocycles. The average Bonchev–Trinajstić information content (AvgIpc) is 2.76. The van der Waals surface area contributed by atoms with Crippen LogP contribution in [0, 0.1) is 6.92 Å². The Labute approximate surface area is 113 Å². The standard InChI is InChI=1S/C12H15BrN2OS/c1-9-6-11-12(17-8-15-11)7-10(9)14-3-5-16-4-2-13/h6-8,14H,2-5H2,1H3. The van der Waals surface area contributed by atoms with Crippen molar-refractivity contribution in [2.24, 2.45) is 0 Å². The summed E-state index contributed by atoms with van der Waals surface area (Å²) in [6.45, 7) is 4.42. The maximum absolute atomic E-state index is 5.40. The molecule has 0 aliphatic rings. The van der Waals surface area contributed by atoms with Crippen molar-refractivity contribution in [3.8, 4) is 0 Å². The van der Waals surface area contributed by atoms with Crippen LogP contribution in [0.3, 0.4) is 0 Å². The summed E-state index contributed by atoms with van der Waals surface area (Å²) in [6.07, 6.45) is 0. The van der Waals surface area contributed by atoms with Crippen LogP contribution in [0.2, 0.25) is 0 Å². The van der Waals surface area contributed by atoms with Crippen LogP contribution in [-0.4, -0.2) is 30.1 Å². The molecule has 0 spiro atoms. The lowest BCUT2D eigenvalue weighted by Crippen LogP contribution is -2.11. The van der Waals surface area contributed by atoms with Gasteiger partial charge in [0, 0.05) is 17.6 Å². The minimum atomic E-state index is 0.728. The fourth-order valence-corrected chi connectivity index (χ4v) is 2.54. The maximum Gasteiger partial charge on any atom is 0.0816 e. The number of aryl methyl sites for hydroxylation is 1. The number of halogens is 1. The van der Waals surface area contributed by atoms with Gasteiger partial charge in [0.25, 0.3) is 0 Å². The van der Waals surface area contributed by atoms with E-state index in [0.717, 1.165) is 30.6 Å². The molecule has 0 aliphatic carbocycles. The number of aromatic nitrogens is 1. The van der Waals surface area contributed by atoms with Crippen molar-refractivity contribution in [1.29, 1.82) is 0 Å². The summed E-state index contributed by atoms with van der Waals surface area (Å²) in [5.41, 5.74) is 5.36. The van der Waals surface area contributed by atoms with Gasteiger partial charge in [0.05, 0.1) is 28.9 Å². The quantitative estimate of drug-likeness (QED) is 0.655. The second-order valence-electron chi connectivity index (χ2n) is 3.72. The van der Waals surface area contributed by atoms with Gasteiger partial charge in [-0.05, 0) is 24.6 Å². The number of hydrogen-bond acceptors (Lipinski definition) is 4. The normalized spacial score (nSPS) is 10.9. The van der Waals surface area contributed by atoms with Gasteiger partial charge in [-0.1, -0.05) is 15.9 Å². The summed E-state index contributed by atoms with van der Waals surface area (Å²) in [6, 6.07) is 4.28. The highest BCUT2D eigenvalue weighted by atomic mass is 79.9. The van der Waals surface area contributed by atoms with E-state index in [-0.39, 0.29) is 0 Å². The number of rotatable bonds is 6. The molecule has 0 atom stereocenters. The molecule has 0 radical (unpaired) electrons. The number of thiazole rings is 1. The van der Waals surface area contributed by atoms with E-state index in [2.05, 4.69) is 45.3 Å². The fourth-order valence-electron chi connectivity index (χ4n) is 1.61. The molecule has 0 amide bonds. The predicted octanol–water partition coefficient (Wildman–Crippen LogP) is 3.43. The molecule has 2 rings (SSSR count). The SMILES string of the molecule is Cc1cc2ncsc2cc1NCCOCCBr. The van der Waals surface area contributed by atoms with Crippen LogP contribution in [0.4, 0.5) is 5.69 Å². The largest absolute Gasteiger partial charge is 0.382 e. The van der Waals surface area contributed by atoms with E-state index in [9.17, 15) is 0 Å². The van der Waals surface area contributed by atoms with Crippen molar-refractivity contribution >= 4 is 43.2 Å². The molecule has 1 N–H and O–H groups in total. The minimum Gasteiger partial charge on any atom is -0.382 e. The Hall–Kier alpha value is -0.650. The van der Waals surface area contributed by atoms with E-state index in [4.69, 9.17) is 4.74 Å². The monoisotopic (exact) mass is 314 g/mol. The minimum absolute atomic E-state index is 0.728. The fraction of sp³-hybridized carbons (Fsp3) is 0.417. The number of nitrogens with one attached hydrogen (secondary N) is 1. The van der Waals surface area contributed by atoms with Crippen molar-refractivity contribution in [2.45, 2.75) is 6.92 Å². The van der Waals surface area contributed by atoms with Crippen molar-refractivity contribution in [3.63, 3.8) is 0 Å². The zero-order valence-corrected chi connectivity index (χ0v) is 12.1. The van der Waals surface area contributed by atoms with Crippen LogP contribution in [0.1, 0.15) is 5.56 Å². The molecule has 17 heavy (non-hydrogen) atoms. The topological polar surface area (TPSA) is 34.2 Å². The Morgan fingerprint density at radius 3 is 3.12 bits per heavy atom. The highest BCUT2D eigenvalue weighted by molar-refractivity contribution is 9.09. The predicted molar refractivity (Wildman–Crippen MR) is 77.5 cm³/mol.